The van der Waals surface area contributed by atoms with Crippen LogP contribution >= 0.6 is 0 Å². The molecular weight excluding hydrogens is 246 g/mol. The van der Waals surface area contributed by atoms with Crippen molar-refractivity contribution < 1.29 is 19.1 Å². The van der Waals surface area contributed by atoms with Gasteiger partial charge in [0.05, 0.1) is 12.2 Å². The Balaban J connectivity index is 2.84. The molecule has 0 bridgehead atoms. The predicted octanol–water partition coefficient (Wildman–Crippen LogP) is 1.81. The molecule has 0 radical (unpaired) electrons. The molecule has 19 heavy (non-hydrogen) atoms. The fourth-order valence-electron chi connectivity index (χ4n) is 1.29. The Hall–Kier alpha value is -2.30. The van der Waals surface area contributed by atoms with E-state index in [2.05, 4.69) is 0 Å². The summed E-state index contributed by atoms with van der Waals surface area (Å²) in [7, 11) is 3.44. The maximum atomic E-state index is 11.9. The first-order chi connectivity index (χ1) is 9.04. The SMILES string of the molecule is CCOC(=O)/C(=C/N(C)C)OC(=O)c1ccccc1. The zero-order chi connectivity index (χ0) is 14.3. The molecule has 0 aromatic heterocycles. The van der Waals surface area contributed by atoms with Crippen molar-refractivity contribution in [3.05, 3.63) is 47.9 Å². The summed E-state index contributed by atoms with van der Waals surface area (Å²) in [6.45, 7) is 1.90. The summed E-state index contributed by atoms with van der Waals surface area (Å²) in [5.41, 5.74) is 0.372. The van der Waals surface area contributed by atoms with Crippen LogP contribution in [0.2, 0.25) is 0 Å². The summed E-state index contributed by atoms with van der Waals surface area (Å²) in [4.78, 5) is 25.1. The number of esters is 2. The number of ether oxygens (including phenoxy) is 2. The molecule has 0 aliphatic rings. The van der Waals surface area contributed by atoms with Crippen LogP contribution in [0.1, 0.15) is 17.3 Å². The lowest BCUT2D eigenvalue weighted by Crippen LogP contribution is -2.17. The minimum Gasteiger partial charge on any atom is -0.460 e. The zero-order valence-corrected chi connectivity index (χ0v) is 11.3. The van der Waals surface area contributed by atoms with E-state index in [4.69, 9.17) is 9.47 Å². The number of benzene rings is 1. The molecule has 0 amide bonds. The van der Waals surface area contributed by atoms with Crippen LogP contribution in [0.5, 0.6) is 0 Å². The quantitative estimate of drug-likeness (QED) is 0.460. The van der Waals surface area contributed by atoms with Crippen molar-refractivity contribution in [3.8, 4) is 0 Å². The summed E-state index contributed by atoms with van der Waals surface area (Å²) in [6.07, 6.45) is 1.40. The third-order valence-electron chi connectivity index (χ3n) is 2.06. The molecule has 0 saturated carbocycles. The highest BCUT2D eigenvalue weighted by Crippen LogP contribution is 2.08. The van der Waals surface area contributed by atoms with Crippen molar-refractivity contribution in [2.45, 2.75) is 6.92 Å². The monoisotopic (exact) mass is 263 g/mol. The van der Waals surface area contributed by atoms with Gasteiger partial charge in [-0.25, -0.2) is 9.59 Å². The van der Waals surface area contributed by atoms with Crippen LogP contribution in [-0.2, 0) is 14.3 Å². The summed E-state index contributed by atoms with van der Waals surface area (Å²) in [5, 5.41) is 0. The zero-order valence-electron chi connectivity index (χ0n) is 11.3. The molecular formula is C14H17NO4. The lowest BCUT2D eigenvalue weighted by Gasteiger charge is -2.11. The minimum atomic E-state index is -0.666. The molecule has 0 saturated heterocycles. The van der Waals surface area contributed by atoms with Crippen molar-refractivity contribution in [3.63, 3.8) is 0 Å². The predicted molar refractivity (Wildman–Crippen MR) is 70.3 cm³/mol. The molecule has 102 valence electrons. The number of hydrogen-bond acceptors (Lipinski definition) is 5. The van der Waals surface area contributed by atoms with E-state index in [9.17, 15) is 9.59 Å². The Morgan fingerprint density at radius 2 is 1.84 bits per heavy atom. The van der Waals surface area contributed by atoms with Gasteiger partial charge in [-0.15, -0.1) is 0 Å². The van der Waals surface area contributed by atoms with E-state index < -0.39 is 11.9 Å². The molecule has 0 aliphatic carbocycles. The van der Waals surface area contributed by atoms with Gasteiger partial charge in [0.2, 0.25) is 5.76 Å². The van der Waals surface area contributed by atoms with Gasteiger partial charge in [-0.05, 0) is 19.1 Å². The molecule has 5 nitrogen and oxygen atoms in total. The van der Waals surface area contributed by atoms with E-state index in [-0.39, 0.29) is 12.4 Å². The van der Waals surface area contributed by atoms with Gasteiger partial charge in [-0.1, -0.05) is 18.2 Å². The Morgan fingerprint density at radius 3 is 2.37 bits per heavy atom. The van der Waals surface area contributed by atoms with Gasteiger partial charge in [0.25, 0.3) is 0 Å². The first-order valence-electron chi connectivity index (χ1n) is 5.87. The summed E-state index contributed by atoms with van der Waals surface area (Å²) < 4.78 is 9.90. The highest BCUT2D eigenvalue weighted by Gasteiger charge is 2.18. The first-order valence-corrected chi connectivity index (χ1v) is 5.87. The summed E-state index contributed by atoms with van der Waals surface area (Å²) >= 11 is 0. The van der Waals surface area contributed by atoms with E-state index in [1.54, 1.807) is 56.3 Å². The highest BCUT2D eigenvalue weighted by molar-refractivity contribution is 5.95. The number of carbonyl (C=O) groups excluding carboxylic acids is 2. The first kappa shape index (κ1) is 14.8. The fourth-order valence-corrected chi connectivity index (χ4v) is 1.29. The Labute approximate surface area is 112 Å². The van der Waals surface area contributed by atoms with Gasteiger partial charge < -0.3 is 14.4 Å². The second kappa shape index (κ2) is 7.20. The van der Waals surface area contributed by atoms with Crippen LogP contribution in [0, 0.1) is 0 Å². The van der Waals surface area contributed by atoms with Gasteiger partial charge in [0.1, 0.15) is 0 Å². The fraction of sp³-hybridized carbons (Fsp3) is 0.286. The topological polar surface area (TPSA) is 55.8 Å². The van der Waals surface area contributed by atoms with Crippen LogP contribution in [0.3, 0.4) is 0 Å². The smallest absolute Gasteiger partial charge is 0.375 e. The van der Waals surface area contributed by atoms with Crippen molar-refractivity contribution in [2.24, 2.45) is 0 Å². The lowest BCUT2D eigenvalue weighted by molar-refractivity contribution is -0.141. The molecule has 5 heteroatoms. The average Bonchev–Trinajstić information content (AvgIpc) is 2.38. The average molecular weight is 263 g/mol. The van der Waals surface area contributed by atoms with Crippen LogP contribution in [-0.4, -0.2) is 37.5 Å². The largest absolute Gasteiger partial charge is 0.460 e. The van der Waals surface area contributed by atoms with E-state index >= 15 is 0 Å². The second-order valence-electron chi connectivity index (χ2n) is 3.93. The molecule has 0 spiro atoms. The van der Waals surface area contributed by atoms with Gasteiger partial charge >= 0.3 is 11.9 Å². The number of rotatable bonds is 5. The molecule has 0 unspecified atom stereocenters. The molecule has 1 aromatic carbocycles. The molecule has 0 fully saturated rings. The number of nitrogens with zero attached hydrogens (tertiary/aromatic N) is 1. The van der Waals surface area contributed by atoms with Crippen molar-refractivity contribution in [1.82, 2.24) is 4.90 Å². The maximum absolute atomic E-state index is 11.9. The van der Waals surface area contributed by atoms with Crippen LogP contribution in [0.25, 0.3) is 0 Å². The van der Waals surface area contributed by atoms with E-state index in [0.717, 1.165) is 0 Å². The van der Waals surface area contributed by atoms with E-state index in [1.807, 2.05) is 0 Å². The van der Waals surface area contributed by atoms with Crippen LogP contribution in [0.4, 0.5) is 0 Å². The maximum Gasteiger partial charge on any atom is 0.375 e. The summed E-state index contributed by atoms with van der Waals surface area (Å²) in [6, 6.07) is 8.45. The molecule has 0 aliphatic heterocycles. The molecule has 0 N–H and O–H groups in total. The Morgan fingerprint density at radius 1 is 1.21 bits per heavy atom. The Kier molecular flexibility index (Phi) is 5.60. The highest BCUT2D eigenvalue weighted by atomic mass is 16.6. The van der Waals surface area contributed by atoms with Crippen LogP contribution in [0.15, 0.2) is 42.3 Å². The van der Waals surface area contributed by atoms with Gasteiger partial charge in [0, 0.05) is 20.3 Å². The summed E-state index contributed by atoms with van der Waals surface area (Å²) in [5.74, 6) is -1.40. The second-order valence-corrected chi connectivity index (χ2v) is 3.93. The van der Waals surface area contributed by atoms with E-state index in [1.165, 1.54) is 6.20 Å². The van der Waals surface area contributed by atoms with E-state index in [0.29, 0.717) is 5.56 Å². The molecule has 0 heterocycles. The molecule has 0 atom stereocenters. The van der Waals surface area contributed by atoms with Gasteiger partial charge in [0.15, 0.2) is 0 Å². The van der Waals surface area contributed by atoms with Crippen molar-refractivity contribution in [2.75, 3.05) is 20.7 Å². The Bertz CT molecular complexity index is 466. The van der Waals surface area contributed by atoms with Crippen LogP contribution < -0.4 is 0 Å². The minimum absolute atomic E-state index is 0.138. The third kappa shape index (κ3) is 4.83. The third-order valence-corrected chi connectivity index (χ3v) is 2.06. The normalized spacial score (nSPS) is 10.8. The molecule has 1 rings (SSSR count). The standard InChI is InChI=1S/C14H17NO4/c1-4-18-14(17)12(10-15(2)3)19-13(16)11-8-6-5-7-9-11/h5-10H,4H2,1-3H3/b12-10-. The lowest BCUT2D eigenvalue weighted by atomic mass is 10.2. The van der Waals surface area contributed by atoms with Crippen molar-refractivity contribution >= 4 is 11.9 Å². The molecule has 1 aromatic rings. The van der Waals surface area contributed by atoms with Gasteiger partial charge in [-0.3, -0.25) is 0 Å². The van der Waals surface area contributed by atoms with Crippen molar-refractivity contribution in [1.29, 1.82) is 0 Å². The number of carbonyl (C=O) groups is 2. The number of hydrogen-bond donors (Lipinski definition) is 0. The van der Waals surface area contributed by atoms with Gasteiger partial charge in [-0.2, -0.15) is 0 Å².